The molecule has 3 N–H and O–H groups in total. The van der Waals surface area contributed by atoms with Crippen LogP contribution in [0.3, 0.4) is 0 Å². The summed E-state index contributed by atoms with van der Waals surface area (Å²) in [6.07, 6.45) is 22.3. The molecular weight excluding hydrogens is 312 g/mol. The van der Waals surface area contributed by atoms with E-state index in [4.69, 9.17) is 0 Å². The zero-order chi connectivity index (χ0) is 18.2. The molecule has 3 nitrogen and oxygen atoms in total. The van der Waals surface area contributed by atoms with Crippen molar-refractivity contribution in [2.24, 2.45) is 0 Å². The largest absolute Gasteiger partial charge is 0.388 e. The lowest BCUT2D eigenvalue weighted by Crippen LogP contribution is -2.42. The number of aliphatic hydroxyl groups is 3. The molecule has 0 aliphatic heterocycles. The SMILES string of the molecule is OC1CCCCCCCCCCCCCCCCCCCCC1(O)O. The first-order valence-electron chi connectivity index (χ1n) is 11.3. The Labute approximate surface area is 156 Å². The zero-order valence-corrected chi connectivity index (χ0v) is 16.6. The van der Waals surface area contributed by atoms with Crippen molar-refractivity contribution >= 4 is 0 Å². The molecule has 1 atom stereocenters. The van der Waals surface area contributed by atoms with Gasteiger partial charge in [0, 0.05) is 6.42 Å². The third-order valence-corrected chi connectivity index (χ3v) is 5.81. The van der Waals surface area contributed by atoms with Crippen LogP contribution in [0.2, 0.25) is 0 Å². The lowest BCUT2D eigenvalue weighted by atomic mass is 9.96. The molecule has 25 heavy (non-hydrogen) atoms. The molecule has 1 unspecified atom stereocenters. The molecule has 0 saturated heterocycles. The van der Waals surface area contributed by atoms with Gasteiger partial charge >= 0.3 is 0 Å². The van der Waals surface area contributed by atoms with Gasteiger partial charge in [-0.1, -0.05) is 109 Å². The Kier molecular flexibility index (Phi) is 13.7. The predicted molar refractivity (Wildman–Crippen MR) is 106 cm³/mol. The summed E-state index contributed by atoms with van der Waals surface area (Å²) >= 11 is 0. The van der Waals surface area contributed by atoms with E-state index in [1.807, 2.05) is 0 Å². The van der Waals surface area contributed by atoms with Gasteiger partial charge in [-0.3, -0.25) is 0 Å². The maximum atomic E-state index is 10.1. The van der Waals surface area contributed by atoms with Crippen LogP contribution < -0.4 is 0 Å². The van der Waals surface area contributed by atoms with E-state index in [9.17, 15) is 15.3 Å². The maximum Gasteiger partial charge on any atom is 0.189 e. The van der Waals surface area contributed by atoms with Crippen LogP contribution in [0.5, 0.6) is 0 Å². The van der Waals surface area contributed by atoms with Crippen LogP contribution in [0.25, 0.3) is 0 Å². The first-order valence-corrected chi connectivity index (χ1v) is 11.3. The molecule has 0 aromatic rings. The van der Waals surface area contributed by atoms with E-state index in [1.54, 1.807) is 0 Å². The van der Waals surface area contributed by atoms with Crippen molar-refractivity contribution < 1.29 is 15.3 Å². The Morgan fingerprint density at radius 3 is 1.08 bits per heavy atom. The van der Waals surface area contributed by atoms with Gasteiger partial charge in [-0.25, -0.2) is 0 Å². The Morgan fingerprint density at radius 1 is 0.440 bits per heavy atom. The van der Waals surface area contributed by atoms with Crippen molar-refractivity contribution in [3.63, 3.8) is 0 Å². The fraction of sp³-hybridized carbons (Fsp3) is 1.00. The third-order valence-electron chi connectivity index (χ3n) is 5.81. The second-order valence-corrected chi connectivity index (χ2v) is 8.30. The Hall–Kier alpha value is -0.120. The molecule has 1 saturated carbocycles. The summed E-state index contributed by atoms with van der Waals surface area (Å²) in [5.74, 6) is -1.89. The number of hydrogen-bond donors (Lipinski definition) is 3. The normalized spacial score (nSPS) is 27.7. The monoisotopic (exact) mass is 356 g/mol. The van der Waals surface area contributed by atoms with E-state index in [2.05, 4.69) is 0 Å². The molecular formula is C22H44O3. The summed E-state index contributed by atoms with van der Waals surface area (Å²) in [4.78, 5) is 0. The van der Waals surface area contributed by atoms with Gasteiger partial charge in [-0.05, 0) is 12.8 Å². The van der Waals surface area contributed by atoms with Crippen LogP contribution in [0, 0.1) is 0 Å². The summed E-state index contributed by atoms with van der Waals surface area (Å²) in [7, 11) is 0. The maximum absolute atomic E-state index is 10.1. The minimum absolute atomic E-state index is 0.300. The Morgan fingerprint density at radius 2 is 0.720 bits per heavy atom. The molecule has 0 aromatic heterocycles. The second-order valence-electron chi connectivity index (χ2n) is 8.30. The quantitative estimate of drug-likeness (QED) is 0.478. The van der Waals surface area contributed by atoms with E-state index < -0.39 is 11.9 Å². The van der Waals surface area contributed by atoms with Crippen molar-refractivity contribution in [1.29, 1.82) is 0 Å². The fourth-order valence-electron chi connectivity index (χ4n) is 3.95. The minimum atomic E-state index is -1.89. The highest BCUT2D eigenvalue weighted by atomic mass is 16.5. The van der Waals surface area contributed by atoms with Gasteiger partial charge < -0.3 is 15.3 Å². The Bertz CT molecular complexity index is 291. The van der Waals surface area contributed by atoms with Gasteiger partial charge in [0.15, 0.2) is 5.79 Å². The highest BCUT2D eigenvalue weighted by Crippen LogP contribution is 2.22. The molecule has 1 aliphatic rings. The van der Waals surface area contributed by atoms with E-state index in [-0.39, 0.29) is 0 Å². The van der Waals surface area contributed by atoms with Crippen molar-refractivity contribution in [2.45, 2.75) is 140 Å². The molecule has 150 valence electrons. The Balaban J connectivity index is 2.24. The van der Waals surface area contributed by atoms with Crippen molar-refractivity contribution in [1.82, 2.24) is 0 Å². The molecule has 0 aromatic carbocycles. The van der Waals surface area contributed by atoms with Crippen molar-refractivity contribution in [2.75, 3.05) is 0 Å². The van der Waals surface area contributed by atoms with Crippen LogP contribution in [0.1, 0.15) is 128 Å². The van der Waals surface area contributed by atoms with Gasteiger partial charge in [0.05, 0.1) is 0 Å². The molecule has 0 bridgehead atoms. The average Bonchev–Trinajstić information content (AvgIpc) is 2.59. The van der Waals surface area contributed by atoms with Crippen LogP contribution in [0.15, 0.2) is 0 Å². The van der Waals surface area contributed by atoms with E-state index in [0.717, 1.165) is 25.7 Å². The molecule has 0 amide bonds. The second kappa shape index (κ2) is 15.0. The van der Waals surface area contributed by atoms with Crippen LogP contribution in [-0.4, -0.2) is 27.2 Å². The van der Waals surface area contributed by atoms with E-state index in [1.165, 1.54) is 89.9 Å². The average molecular weight is 357 g/mol. The summed E-state index contributed by atoms with van der Waals surface area (Å²) in [6.45, 7) is 0. The highest BCUT2D eigenvalue weighted by Gasteiger charge is 2.31. The molecule has 1 fully saturated rings. The highest BCUT2D eigenvalue weighted by molar-refractivity contribution is 4.75. The number of rotatable bonds is 0. The van der Waals surface area contributed by atoms with Gasteiger partial charge in [0.1, 0.15) is 6.10 Å². The van der Waals surface area contributed by atoms with Gasteiger partial charge in [0.25, 0.3) is 0 Å². The molecule has 0 radical (unpaired) electrons. The number of hydrogen-bond acceptors (Lipinski definition) is 3. The molecule has 0 heterocycles. The van der Waals surface area contributed by atoms with Crippen molar-refractivity contribution in [3.8, 4) is 0 Å². The smallest absolute Gasteiger partial charge is 0.189 e. The lowest BCUT2D eigenvalue weighted by molar-refractivity contribution is -0.230. The number of aliphatic hydroxyl groups excluding tert-OH is 1. The third kappa shape index (κ3) is 12.8. The molecule has 1 aliphatic carbocycles. The first kappa shape index (κ1) is 22.9. The molecule has 0 spiro atoms. The zero-order valence-electron chi connectivity index (χ0n) is 16.6. The molecule has 3 heteroatoms. The van der Waals surface area contributed by atoms with E-state index >= 15 is 0 Å². The summed E-state index contributed by atoms with van der Waals surface area (Å²) in [6, 6.07) is 0. The summed E-state index contributed by atoms with van der Waals surface area (Å²) in [5.41, 5.74) is 0. The van der Waals surface area contributed by atoms with Crippen LogP contribution in [0.4, 0.5) is 0 Å². The first-order chi connectivity index (χ1) is 12.1. The van der Waals surface area contributed by atoms with Crippen LogP contribution in [-0.2, 0) is 0 Å². The van der Waals surface area contributed by atoms with Gasteiger partial charge in [-0.15, -0.1) is 0 Å². The lowest BCUT2D eigenvalue weighted by Gasteiger charge is -2.27. The van der Waals surface area contributed by atoms with Gasteiger partial charge in [-0.2, -0.15) is 0 Å². The minimum Gasteiger partial charge on any atom is -0.388 e. The van der Waals surface area contributed by atoms with E-state index in [0.29, 0.717) is 12.8 Å². The predicted octanol–water partition coefficient (Wildman–Crippen LogP) is 5.84. The molecule has 1 rings (SSSR count). The summed E-state index contributed by atoms with van der Waals surface area (Å²) < 4.78 is 0. The standard InChI is InChI=1S/C22H44O3/c23-21-19-17-15-13-11-9-7-5-3-1-2-4-6-8-10-12-14-16-18-20-22(21,24)25/h21,23-25H,1-20H2. The topological polar surface area (TPSA) is 60.7 Å². The summed E-state index contributed by atoms with van der Waals surface area (Å²) in [5, 5.41) is 30.2. The van der Waals surface area contributed by atoms with Crippen LogP contribution >= 0.6 is 0 Å². The fourth-order valence-corrected chi connectivity index (χ4v) is 3.95. The van der Waals surface area contributed by atoms with Crippen molar-refractivity contribution in [3.05, 3.63) is 0 Å². The van der Waals surface area contributed by atoms with Gasteiger partial charge in [0.2, 0.25) is 0 Å².